The number of aromatic nitrogens is 8. The number of alkyl halides is 2. The van der Waals surface area contributed by atoms with Gasteiger partial charge in [0.25, 0.3) is 0 Å². The maximum Gasteiger partial charge on any atom is 0.386 e. The van der Waals surface area contributed by atoms with Gasteiger partial charge in [-0.25, -0.2) is 47.4 Å². The molecule has 2 bridgehead atoms. The van der Waals surface area contributed by atoms with Crippen molar-refractivity contribution in [3.8, 4) is 0 Å². The summed E-state index contributed by atoms with van der Waals surface area (Å²) >= 11 is 3.94. The maximum atomic E-state index is 15.9. The molecule has 0 unspecified atom stereocenters. The van der Waals surface area contributed by atoms with Crippen molar-refractivity contribution in [1.82, 2.24) is 43.8 Å². The van der Waals surface area contributed by atoms with Gasteiger partial charge in [-0.3, -0.25) is 18.2 Å². The zero-order valence-electron chi connectivity index (χ0n) is 21.9. The van der Waals surface area contributed by atoms with Crippen LogP contribution in [0.25, 0.3) is 22.3 Å². The van der Waals surface area contributed by atoms with Crippen molar-refractivity contribution in [3.63, 3.8) is 0 Å². The van der Waals surface area contributed by atoms with Crippen LogP contribution in [-0.2, 0) is 37.6 Å². The van der Waals surface area contributed by atoms with Crippen molar-refractivity contribution in [1.29, 1.82) is 0 Å². The molecule has 5 N–H and O–H groups in total. The largest absolute Gasteiger partial charge is 0.386 e. The zero-order valence-corrected chi connectivity index (χ0v) is 24.5. The topological polar surface area (TPSA) is 249 Å². The van der Waals surface area contributed by atoms with E-state index in [2.05, 4.69) is 46.9 Å². The van der Waals surface area contributed by atoms with Crippen molar-refractivity contribution in [3.05, 3.63) is 25.3 Å². The second-order valence-electron chi connectivity index (χ2n) is 9.88. The molecule has 3 aliphatic heterocycles. The average Bonchev–Trinajstić information content (AvgIpc) is 3.73. The van der Waals surface area contributed by atoms with E-state index < -0.39 is 79.5 Å². The van der Waals surface area contributed by atoms with E-state index in [1.54, 1.807) is 0 Å². The van der Waals surface area contributed by atoms with Gasteiger partial charge in [0.15, 0.2) is 53.8 Å². The number of thiol groups is 1. The molecule has 4 aromatic heterocycles. The Morgan fingerprint density at radius 3 is 2.11 bits per heavy atom. The first-order chi connectivity index (χ1) is 20.9. The minimum atomic E-state index is -4.78. The first-order valence-corrected chi connectivity index (χ1v) is 16.8. The van der Waals surface area contributed by atoms with Crippen molar-refractivity contribution in [2.24, 2.45) is 0 Å². The molecular weight excluding hydrogens is 655 g/mol. The number of hydrogen-bond donors (Lipinski definition) is 4. The number of fused-ring (bicyclic) bond motifs is 5. The lowest BCUT2D eigenvalue weighted by atomic mass is 10.1. The van der Waals surface area contributed by atoms with Gasteiger partial charge in [-0.1, -0.05) is 12.2 Å². The normalized spacial score (nSPS) is 36.1. The molecule has 0 amide bonds. The molecule has 236 valence electrons. The Balaban J connectivity index is 1.20. The number of nitrogens with one attached hydrogen (secondary N) is 1. The maximum absolute atomic E-state index is 15.9. The molecule has 3 fully saturated rings. The van der Waals surface area contributed by atoms with Crippen LogP contribution in [0.4, 0.5) is 20.4 Å². The van der Waals surface area contributed by atoms with Crippen LogP contribution in [0.2, 0.25) is 0 Å². The summed E-state index contributed by atoms with van der Waals surface area (Å²) < 4.78 is 103. The van der Waals surface area contributed by atoms with Crippen LogP contribution in [0.1, 0.15) is 12.5 Å². The number of nitrogens with zero attached hydrogens (tertiary/aromatic N) is 8. The number of anilines is 2. The van der Waals surface area contributed by atoms with Gasteiger partial charge < -0.3 is 20.9 Å². The Bertz CT molecular complexity index is 1900. The number of nitrogen functional groups attached to an aromatic ring is 2. The lowest BCUT2D eigenvalue weighted by molar-refractivity contribution is -0.0456. The highest BCUT2D eigenvalue weighted by molar-refractivity contribution is 8.44. The molecule has 7 heterocycles. The molecule has 3 aliphatic rings. The van der Waals surface area contributed by atoms with Crippen LogP contribution in [0, 0.1) is 0 Å². The van der Waals surface area contributed by atoms with Crippen LogP contribution >= 0.6 is 19.0 Å². The molecule has 0 spiro atoms. The lowest BCUT2D eigenvalue weighted by Gasteiger charge is -2.24. The Hall–Kier alpha value is -3.15. The van der Waals surface area contributed by atoms with E-state index in [0.29, 0.717) is 0 Å². The highest BCUT2D eigenvalue weighted by Gasteiger charge is 2.53. The number of nitrogens with two attached hydrogens (primary N) is 2. The van der Waals surface area contributed by atoms with Crippen LogP contribution in [0.5, 0.6) is 0 Å². The molecule has 0 saturated carbocycles. The van der Waals surface area contributed by atoms with Crippen molar-refractivity contribution >= 4 is 63.3 Å². The fourth-order valence-electron chi connectivity index (χ4n) is 5.19. The molecule has 3 saturated heterocycles. The Labute approximate surface area is 250 Å². The van der Waals surface area contributed by atoms with E-state index in [4.69, 9.17) is 34.2 Å². The second kappa shape index (κ2) is 10.7. The Morgan fingerprint density at radius 1 is 0.886 bits per heavy atom. The molecule has 19 nitrogen and oxygen atoms in total. The van der Waals surface area contributed by atoms with E-state index in [0.717, 1.165) is 12.7 Å². The molecule has 24 heteroatoms. The molecule has 0 aliphatic carbocycles. The van der Waals surface area contributed by atoms with Gasteiger partial charge in [0.05, 0.1) is 19.3 Å². The highest BCUT2D eigenvalue weighted by Crippen LogP contribution is 2.57. The summed E-state index contributed by atoms with van der Waals surface area (Å²) in [4.78, 5) is 24.0. The van der Waals surface area contributed by atoms with Crippen molar-refractivity contribution in [2.45, 2.75) is 49.2 Å². The third-order valence-corrected chi connectivity index (χ3v) is 9.82. The predicted molar refractivity (Wildman–Crippen MR) is 146 cm³/mol. The van der Waals surface area contributed by atoms with Gasteiger partial charge >= 0.3 is 17.1 Å². The summed E-state index contributed by atoms with van der Waals surface area (Å²) in [5.41, 5.74) is 12.2. The first kappa shape index (κ1) is 29.6. The third kappa shape index (κ3) is 5.06. The van der Waals surface area contributed by atoms with Gasteiger partial charge in [0.1, 0.15) is 42.0 Å². The van der Waals surface area contributed by atoms with E-state index >= 15 is 8.78 Å². The molecule has 0 radical (unpaired) electrons. The Morgan fingerprint density at radius 2 is 1.48 bits per heavy atom. The standard InChI is InChI=1S/C20H22F2N11O8PS2/c21-9-8-2-37-42(34,43)40-13-7(38-19(10(13)22)32-5-29-11-15(23)25-3-27-17(11)32)1-31-44(35,36)41-14(9)20(39-8)33-6-30-12-16(24)26-4-28-18(12)33/h3-10,13-14,19-20,31H,1-2H2,(H,34,43)(H2,23,25,27)(H2,24,26,28)/t7-,8-,9-,10-,13-,14-,19-,20-,42+/m1/s1. The number of halogens is 2. The van der Waals surface area contributed by atoms with Crippen molar-refractivity contribution in [2.75, 3.05) is 24.6 Å². The number of imidazole rings is 2. The zero-order chi connectivity index (χ0) is 31.0. The van der Waals surface area contributed by atoms with Crippen LogP contribution in [-0.4, -0.2) is 97.4 Å². The highest BCUT2D eigenvalue weighted by atomic mass is 32.7. The van der Waals surface area contributed by atoms with Crippen LogP contribution < -0.4 is 16.2 Å². The summed E-state index contributed by atoms with van der Waals surface area (Å²) in [5, 5.41) is 0. The van der Waals surface area contributed by atoms with E-state index in [-0.39, 0.29) is 34.0 Å². The van der Waals surface area contributed by atoms with Crippen LogP contribution in [0.15, 0.2) is 25.3 Å². The lowest BCUT2D eigenvalue weighted by Crippen LogP contribution is -2.43. The minimum Gasteiger partial charge on any atom is -0.382 e. The predicted octanol–water partition coefficient (Wildman–Crippen LogP) is -0.0255. The van der Waals surface area contributed by atoms with E-state index in [1.165, 1.54) is 21.8 Å². The van der Waals surface area contributed by atoms with Crippen LogP contribution in [0.3, 0.4) is 0 Å². The van der Waals surface area contributed by atoms with E-state index in [1.807, 2.05) is 0 Å². The van der Waals surface area contributed by atoms with Gasteiger partial charge in [-0.05, 0) is 0 Å². The number of rotatable bonds is 2. The van der Waals surface area contributed by atoms with Gasteiger partial charge in [0, 0.05) is 6.54 Å². The van der Waals surface area contributed by atoms with Gasteiger partial charge in [-0.2, -0.15) is 13.1 Å². The smallest absolute Gasteiger partial charge is 0.382 e. The molecule has 7 rings (SSSR count). The fraction of sp³-hybridized carbons (Fsp3) is 0.500. The fourth-order valence-corrected chi connectivity index (χ4v) is 7.61. The monoisotopic (exact) mass is 677 g/mol. The molecule has 4 aromatic rings. The first-order valence-electron chi connectivity index (χ1n) is 12.7. The molecule has 0 aromatic carbocycles. The second-order valence-corrected chi connectivity index (χ2v) is 14.1. The van der Waals surface area contributed by atoms with E-state index in [9.17, 15) is 13.0 Å². The average molecular weight is 678 g/mol. The Kier molecular flexibility index (Phi) is 7.21. The van der Waals surface area contributed by atoms with Crippen molar-refractivity contribution < 1.29 is 44.5 Å². The third-order valence-electron chi connectivity index (χ3n) is 7.21. The summed E-state index contributed by atoms with van der Waals surface area (Å²) in [5.74, 6) is 0.0424. The quantitative estimate of drug-likeness (QED) is 0.161. The summed E-state index contributed by atoms with van der Waals surface area (Å²) in [6.07, 6.45) is -9.00. The molecular formula is C20H22F2N11O8PS2. The minimum absolute atomic E-state index is 0.0145. The summed E-state index contributed by atoms with van der Waals surface area (Å²) in [7, 11) is -4.78. The summed E-state index contributed by atoms with van der Waals surface area (Å²) in [6, 6.07) is 0. The number of hydrogen-bond acceptors (Lipinski definition) is 16. The van der Waals surface area contributed by atoms with Gasteiger partial charge in [-0.15, -0.1) is 0 Å². The summed E-state index contributed by atoms with van der Waals surface area (Å²) in [6.45, 7) is -5.87. The SMILES string of the molecule is Nc1ncnc2c1ncn2[C@@H]1O[C@@H]2CNS(=O)(=O)O[C@@H]3[C@H](F)[C@@H](CO[P@](=O)(S)O[C@H]2[C@H]1F)O[C@H]3n1cnc2c(N)ncnc21. The molecule has 44 heavy (non-hydrogen) atoms. The van der Waals surface area contributed by atoms with Gasteiger partial charge in [0.2, 0.25) is 0 Å². The molecule has 9 atom stereocenters. The number of ether oxygens (including phenoxy) is 2.